The molecule has 0 atom stereocenters. The molecule has 2 aromatic carbocycles. The molecule has 2 heterocycles. The van der Waals surface area contributed by atoms with Crippen molar-refractivity contribution in [2.24, 2.45) is 5.73 Å². The van der Waals surface area contributed by atoms with Crippen molar-refractivity contribution in [3.63, 3.8) is 0 Å². The van der Waals surface area contributed by atoms with Crippen molar-refractivity contribution in [1.29, 1.82) is 0 Å². The van der Waals surface area contributed by atoms with Gasteiger partial charge in [0.2, 0.25) is 0 Å². The Morgan fingerprint density at radius 3 is 2.80 bits per heavy atom. The summed E-state index contributed by atoms with van der Waals surface area (Å²) in [5, 5.41) is 8.26. The summed E-state index contributed by atoms with van der Waals surface area (Å²) in [6.07, 6.45) is 2.97. The minimum Gasteiger partial charge on any atom is -0.497 e. The molecule has 0 saturated heterocycles. The van der Waals surface area contributed by atoms with Gasteiger partial charge in [-0.3, -0.25) is 5.32 Å². The maximum Gasteiger partial charge on any atom is 0.282 e. The van der Waals surface area contributed by atoms with Gasteiger partial charge in [-0.15, -0.1) is 0 Å². The molecule has 0 aliphatic carbocycles. The van der Waals surface area contributed by atoms with E-state index < -0.39 is 0 Å². The lowest BCUT2D eigenvalue weighted by Crippen LogP contribution is -2.16. The molecule has 0 radical (unpaired) electrons. The van der Waals surface area contributed by atoms with E-state index in [0.29, 0.717) is 6.54 Å². The summed E-state index contributed by atoms with van der Waals surface area (Å²) in [6.45, 7) is 3.65. The highest BCUT2D eigenvalue weighted by molar-refractivity contribution is 6.20. The second-order valence-electron chi connectivity index (χ2n) is 6.37. The van der Waals surface area contributed by atoms with Gasteiger partial charge in [-0.1, -0.05) is 12.1 Å². The largest absolute Gasteiger partial charge is 0.497 e. The van der Waals surface area contributed by atoms with E-state index in [4.69, 9.17) is 10.5 Å². The lowest BCUT2D eigenvalue weighted by atomic mass is 10.1. The van der Waals surface area contributed by atoms with Crippen molar-refractivity contribution < 1.29 is 9.72 Å². The molecular formula is C20H23N4O+. The van der Waals surface area contributed by atoms with Crippen molar-refractivity contribution in [1.82, 2.24) is 4.98 Å². The number of pyridine rings is 1. The van der Waals surface area contributed by atoms with Gasteiger partial charge in [-0.2, -0.15) is 0 Å². The van der Waals surface area contributed by atoms with Crippen LogP contribution in [0.5, 0.6) is 5.75 Å². The fourth-order valence-electron chi connectivity index (χ4n) is 3.44. The van der Waals surface area contributed by atoms with Gasteiger partial charge in [-0.05, 0) is 43.5 Å². The first-order valence-corrected chi connectivity index (χ1v) is 8.60. The van der Waals surface area contributed by atoms with Crippen molar-refractivity contribution in [3.05, 3.63) is 42.1 Å². The van der Waals surface area contributed by atoms with E-state index >= 15 is 0 Å². The number of hydrogen-bond acceptors (Lipinski definition) is 3. The van der Waals surface area contributed by atoms with Crippen molar-refractivity contribution >= 4 is 38.4 Å². The van der Waals surface area contributed by atoms with E-state index in [1.807, 2.05) is 12.3 Å². The number of fused-ring (bicyclic) bond motifs is 5. The van der Waals surface area contributed by atoms with Crippen LogP contribution in [0.3, 0.4) is 0 Å². The van der Waals surface area contributed by atoms with Crippen molar-refractivity contribution in [2.45, 2.75) is 13.3 Å². The highest BCUT2D eigenvalue weighted by Gasteiger charge is 2.17. The number of aryl methyl sites for hydroxylation is 1. The first kappa shape index (κ1) is 15.7. The molecule has 4 aromatic rings. The van der Waals surface area contributed by atoms with Gasteiger partial charge in [0, 0.05) is 16.3 Å². The maximum atomic E-state index is 5.62. The van der Waals surface area contributed by atoms with Crippen LogP contribution in [0.25, 0.3) is 32.6 Å². The fourth-order valence-corrected chi connectivity index (χ4v) is 3.44. The molecule has 5 N–H and O–H groups in total. The third kappa shape index (κ3) is 2.57. The molecule has 0 fully saturated rings. The quantitative estimate of drug-likeness (QED) is 0.489. The molecule has 128 valence electrons. The van der Waals surface area contributed by atoms with Gasteiger partial charge in [-0.25, -0.2) is 4.98 Å². The van der Waals surface area contributed by atoms with Gasteiger partial charge in [0.1, 0.15) is 5.75 Å². The molecule has 0 aliphatic heterocycles. The number of aromatic amines is 2. The third-order valence-electron chi connectivity index (χ3n) is 4.76. The van der Waals surface area contributed by atoms with Crippen molar-refractivity contribution in [3.8, 4) is 5.75 Å². The Labute approximate surface area is 146 Å². The van der Waals surface area contributed by atoms with Crippen LogP contribution in [0.1, 0.15) is 12.0 Å². The molecule has 25 heavy (non-hydrogen) atoms. The molecule has 2 aromatic heterocycles. The number of hydrogen-bond donors (Lipinski definition) is 3. The summed E-state index contributed by atoms with van der Waals surface area (Å²) in [7, 11) is 1.70. The molecule has 5 nitrogen and oxygen atoms in total. The predicted molar refractivity (Wildman–Crippen MR) is 103 cm³/mol. The first-order valence-electron chi connectivity index (χ1n) is 8.60. The number of anilines is 1. The summed E-state index contributed by atoms with van der Waals surface area (Å²) in [5.74, 6) is 1.91. The number of H-pyrrole nitrogens is 2. The van der Waals surface area contributed by atoms with Crippen LogP contribution < -0.4 is 20.8 Å². The summed E-state index contributed by atoms with van der Waals surface area (Å²) in [6, 6.07) is 10.5. The van der Waals surface area contributed by atoms with Gasteiger partial charge in [0.15, 0.2) is 0 Å². The number of nitrogens with two attached hydrogens (primary N) is 1. The molecule has 5 heteroatoms. The number of benzene rings is 2. The molecule has 0 amide bonds. The Kier molecular flexibility index (Phi) is 3.93. The van der Waals surface area contributed by atoms with Crippen LogP contribution in [0.2, 0.25) is 0 Å². The highest BCUT2D eigenvalue weighted by Crippen LogP contribution is 2.35. The minimum absolute atomic E-state index is 0.683. The number of ether oxygens (including phenoxy) is 1. The van der Waals surface area contributed by atoms with Crippen LogP contribution in [-0.4, -0.2) is 25.2 Å². The monoisotopic (exact) mass is 335 g/mol. The average molecular weight is 335 g/mol. The molecule has 4 rings (SSSR count). The second-order valence-corrected chi connectivity index (χ2v) is 6.37. The van der Waals surface area contributed by atoms with E-state index in [9.17, 15) is 0 Å². The zero-order valence-corrected chi connectivity index (χ0v) is 14.6. The average Bonchev–Trinajstić information content (AvgIpc) is 3.04. The Morgan fingerprint density at radius 2 is 2.00 bits per heavy atom. The van der Waals surface area contributed by atoms with Gasteiger partial charge >= 0.3 is 0 Å². The number of methoxy groups -OCH3 is 1. The lowest BCUT2D eigenvalue weighted by Gasteiger charge is -2.04. The number of rotatable bonds is 5. The van der Waals surface area contributed by atoms with E-state index in [1.54, 1.807) is 7.11 Å². The third-order valence-corrected chi connectivity index (χ3v) is 4.76. The SMILES string of the molecule is COc1ccc2c(ccc3c2[nH]c2c(C)c[nH+]c(NCCCN)c23)c1. The van der Waals surface area contributed by atoms with Gasteiger partial charge in [0.05, 0.1) is 36.3 Å². The zero-order valence-electron chi connectivity index (χ0n) is 14.6. The van der Waals surface area contributed by atoms with E-state index in [-0.39, 0.29) is 0 Å². The maximum absolute atomic E-state index is 5.62. The summed E-state index contributed by atoms with van der Waals surface area (Å²) < 4.78 is 5.35. The Hall–Kier alpha value is -2.79. The standard InChI is InChI=1S/C20H22N4O/c1-12-11-23-20(22-9-3-8-21)17-16-6-4-13-10-14(25-2)5-7-15(13)19(16)24-18(12)17/h4-7,10-11,24H,3,8-9,21H2,1-2H3,(H,22,23)/p+1. The lowest BCUT2D eigenvalue weighted by molar-refractivity contribution is -0.359. The summed E-state index contributed by atoms with van der Waals surface area (Å²) in [4.78, 5) is 7.02. The Bertz CT molecular complexity index is 1070. The van der Waals surface area contributed by atoms with E-state index in [0.717, 1.165) is 41.0 Å². The molecule has 0 saturated carbocycles. The van der Waals surface area contributed by atoms with Crippen LogP contribution in [-0.2, 0) is 0 Å². The topological polar surface area (TPSA) is 77.2 Å². The van der Waals surface area contributed by atoms with Crippen LogP contribution >= 0.6 is 0 Å². The van der Waals surface area contributed by atoms with E-state index in [2.05, 4.69) is 46.5 Å². The van der Waals surface area contributed by atoms with Crippen LogP contribution in [0.4, 0.5) is 5.82 Å². The molecular weight excluding hydrogens is 312 g/mol. The highest BCUT2D eigenvalue weighted by atomic mass is 16.5. The zero-order chi connectivity index (χ0) is 17.4. The van der Waals surface area contributed by atoms with E-state index in [1.165, 1.54) is 21.7 Å². The normalized spacial score (nSPS) is 11.5. The number of nitrogens with one attached hydrogen (secondary N) is 3. The summed E-state index contributed by atoms with van der Waals surface area (Å²) >= 11 is 0. The predicted octanol–water partition coefficient (Wildman–Crippen LogP) is 3.37. The van der Waals surface area contributed by atoms with Crippen molar-refractivity contribution in [2.75, 3.05) is 25.5 Å². The van der Waals surface area contributed by atoms with Gasteiger partial charge < -0.3 is 15.5 Å². The first-order chi connectivity index (χ1) is 12.2. The smallest absolute Gasteiger partial charge is 0.282 e. The second kappa shape index (κ2) is 6.26. The molecule has 0 bridgehead atoms. The molecule has 0 aliphatic rings. The Balaban J connectivity index is 1.98. The fraction of sp³-hybridized carbons (Fsp3) is 0.250. The van der Waals surface area contributed by atoms with Gasteiger partial charge in [0.25, 0.3) is 5.82 Å². The molecule has 0 spiro atoms. The minimum atomic E-state index is 0.683. The summed E-state index contributed by atoms with van der Waals surface area (Å²) in [5.41, 5.74) is 9.12. The molecule has 0 unspecified atom stereocenters. The van der Waals surface area contributed by atoms with Crippen LogP contribution in [0, 0.1) is 6.92 Å². The number of aromatic nitrogens is 2. The Morgan fingerprint density at radius 1 is 1.16 bits per heavy atom. The van der Waals surface area contributed by atoms with Crippen LogP contribution in [0.15, 0.2) is 36.5 Å².